The lowest BCUT2D eigenvalue weighted by Crippen LogP contribution is -2.21. The molecule has 0 aliphatic rings. The van der Waals surface area contributed by atoms with Crippen molar-refractivity contribution in [2.45, 2.75) is 22.5 Å². The largest absolute Gasteiger partial charge is 0.492 e. The number of rotatable bonds is 8. The number of halogens is 3. The standard InChI is InChI=1S/C22H21F3N2OS/c23-22(24,25)17-8-2-4-10-19(17)28-14-13-27-15-16-7-1-5-11-20(16)29-21-12-6-3-9-18(21)26/h1-12,27H,13-15,26H2. The molecule has 0 spiro atoms. The first kappa shape index (κ1) is 21.1. The van der Waals surface area contributed by atoms with Crippen molar-refractivity contribution in [1.82, 2.24) is 5.32 Å². The Balaban J connectivity index is 1.54. The average molecular weight is 418 g/mol. The molecule has 0 radical (unpaired) electrons. The van der Waals surface area contributed by atoms with Crippen LogP contribution in [0.2, 0.25) is 0 Å². The van der Waals surface area contributed by atoms with Crippen molar-refractivity contribution in [2.24, 2.45) is 0 Å². The molecule has 3 nitrogen and oxygen atoms in total. The maximum atomic E-state index is 13.0. The van der Waals surface area contributed by atoms with Gasteiger partial charge in [-0.2, -0.15) is 13.2 Å². The smallest absolute Gasteiger partial charge is 0.419 e. The quantitative estimate of drug-likeness (QED) is 0.369. The van der Waals surface area contributed by atoms with Crippen molar-refractivity contribution >= 4 is 17.4 Å². The van der Waals surface area contributed by atoms with Gasteiger partial charge in [-0.25, -0.2) is 0 Å². The van der Waals surface area contributed by atoms with E-state index in [2.05, 4.69) is 5.32 Å². The Morgan fingerprint density at radius 2 is 1.52 bits per heavy atom. The summed E-state index contributed by atoms with van der Waals surface area (Å²) < 4.78 is 44.3. The first-order chi connectivity index (χ1) is 13.9. The van der Waals surface area contributed by atoms with Crippen molar-refractivity contribution in [2.75, 3.05) is 18.9 Å². The van der Waals surface area contributed by atoms with Gasteiger partial charge in [0.15, 0.2) is 0 Å². The van der Waals surface area contributed by atoms with Gasteiger partial charge < -0.3 is 15.8 Å². The Morgan fingerprint density at radius 1 is 0.862 bits per heavy atom. The number of alkyl halides is 3. The van der Waals surface area contributed by atoms with Crippen LogP contribution in [0.1, 0.15) is 11.1 Å². The van der Waals surface area contributed by atoms with E-state index in [1.807, 2.05) is 48.5 Å². The molecule has 0 aromatic heterocycles. The zero-order chi connectivity index (χ0) is 20.7. The lowest BCUT2D eigenvalue weighted by Gasteiger charge is -2.14. The molecule has 29 heavy (non-hydrogen) atoms. The highest BCUT2D eigenvalue weighted by Crippen LogP contribution is 2.36. The molecular formula is C22H21F3N2OS. The molecule has 7 heteroatoms. The SMILES string of the molecule is Nc1ccccc1Sc1ccccc1CNCCOc1ccccc1C(F)(F)F. The molecule has 0 bridgehead atoms. The highest BCUT2D eigenvalue weighted by atomic mass is 32.2. The minimum absolute atomic E-state index is 0.133. The molecule has 0 atom stereocenters. The zero-order valence-electron chi connectivity index (χ0n) is 15.6. The van der Waals surface area contributed by atoms with Crippen LogP contribution in [-0.2, 0) is 12.7 Å². The second kappa shape index (κ2) is 9.71. The third-order valence-corrected chi connectivity index (χ3v) is 5.37. The van der Waals surface area contributed by atoms with E-state index in [0.717, 1.165) is 27.1 Å². The predicted octanol–water partition coefficient (Wildman–Crippen LogP) is 5.61. The van der Waals surface area contributed by atoms with Crippen molar-refractivity contribution in [1.29, 1.82) is 0 Å². The summed E-state index contributed by atoms with van der Waals surface area (Å²) in [5.74, 6) is -0.155. The van der Waals surface area contributed by atoms with E-state index in [9.17, 15) is 13.2 Å². The molecule has 0 fully saturated rings. The van der Waals surface area contributed by atoms with Crippen LogP contribution < -0.4 is 15.8 Å². The number of benzene rings is 3. The number of hydrogen-bond acceptors (Lipinski definition) is 4. The fraction of sp³-hybridized carbons (Fsp3) is 0.182. The van der Waals surface area contributed by atoms with Crippen LogP contribution in [-0.4, -0.2) is 13.2 Å². The number of nitrogens with two attached hydrogens (primary N) is 1. The van der Waals surface area contributed by atoms with Crippen LogP contribution in [0.15, 0.2) is 82.6 Å². The number of nitrogen functional groups attached to an aromatic ring is 1. The maximum Gasteiger partial charge on any atom is 0.419 e. The van der Waals surface area contributed by atoms with Crippen molar-refractivity contribution in [3.63, 3.8) is 0 Å². The van der Waals surface area contributed by atoms with E-state index < -0.39 is 11.7 Å². The third kappa shape index (κ3) is 5.92. The van der Waals surface area contributed by atoms with Crippen LogP contribution >= 0.6 is 11.8 Å². The summed E-state index contributed by atoms with van der Waals surface area (Å²) in [6.45, 7) is 1.12. The summed E-state index contributed by atoms with van der Waals surface area (Å²) in [5.41, 5.74) is 7.06. The van der Waals surface area contributed by atoms with E-state index in [1.165, 1.54) is 18.2 Å². The van der Waals surface area contributed by atoms with Crippen molar-refractivity contribution in [3.05, 3.63) is 83.9 Å². The third-order valence-electron chi connectivity index (χ3n) is 4.16. The van der Waals surface area contributed by atoms with Crippen LogP contribution in [0.5, 0.6) is 5.75 Å². The molecule has 0 saturated carbocycles. The lowest BCUT2D eigenvalue weighted by atomic mass is 10.2. The van der Waals surface area contributed by atoms with Gasteiger partial charge in [0.05, 0.1) is 5.56 Å². The highest BCUT2D eigenvalue weighted by molar-refractivity contribution is 7.99. The molecule has 0 amide bonds. The van der Waals surface area contributed by atoms with Gasteiger partial charge in [-0.3, -0.25) is 0 Å². The van der Waals surface area contributed by atoms with E-state index in [0.29, 0.717) is 13.1 Å². The number of para-hydroxylation sites is 2. The van der Waals surface area contributed by atoms with E-state index in [1.54, 1.807) is 11.8 Å². The molecule has 0 aliphatic heterocycles. The topological polar surface area (TPSA) is 47.3 Å². The van der Waals surface area contributed by atoms with Crippen LogP contribution in [0, 0.1) is 0 Å². The van der Waals surface area contributed by atoms with Gasteiger partial charge >= 0.3 is 6.18 Å². The van der Waals surface area contributed by atoms with E-state index >= 15 is 0 Å². The van der Waals surface area contributed by atoms with E-state index in [-0.39, 0.29) is 12.4 Å². The van der Waals surface area contributed by atoms with Crippen molar-refractivity contribution in [3.8, 4) is 5.75 Å². The van der Waals surface area contributed by atoms with Gasteiger partial charge in [0.2, 0.25) is 0 Å². The Morgan fingerprint density at radius 3 is 2.28 bits per heavy atom. The minimum atomic E-state index is -4.43. The molecule has 3 N–H and O–H groups in total. The van der Waals surface area contributed by atoms with Crippen molar-refractivity contribution < 1.29 is 17.9 Å². The number of nitrogens with one attached hydrogen (secondary N) is 1. The summed E-state index contributed by atoms with van der Waals surface area (Å²) in [5, 5.41) is 3.22. The zero-order valence-corrected chi connectivity index (χ0v) is 16.4. The Hall–Kier alpha value is -2.64. The van der Waals surface area contributed by atoms with E-state index in [4.69, 9.17) is 10.5 Å². The van der Waals surface area contributed by atoms with Gasteiger partial charge in [-0.1, -0.05) is 54.2 Å². The Bertz CT molecular complexity index is 947. The number of ether oxygens (including phenoxy) is 1. The van der Waals surface area contributed by atoms with Gasteiger partial charge in [0.25, 0.3) is 0 Å². The summed E-state index contributed by atoms with van der Waals surface area (Å²) in [6.07, 6.45) is -4.43. The number of hydrogen-bond donors (Lipinski definition) is 2. The van der Waals surface area contributed by atoms with Gasteiger partial charge in [0.1, 0.15) is 12.4 Å². The molecular weight excluding hydrogens is 397 g/mol. The fourth-order valence-corrected chi connectivity index (χ4v) is 3.71. The lowest BCUT2D eigenvalue weighted by molar-refractivity contribution is -0.138. The molecule has 0 heterocycles. The minimum Gasteiger partial charge on any atom is -0.492 e. The summed E-state index contributed by atoms with van der Waals surface area (Å²) in [7, 11) is 0. The normalized spacial score (nSPS) is 11.4. The predicted molar refractivity (Wildman–Crippen MR) is 110 cm³/mol. The van der Waals surface area contributed by atoms with Crippen LogP contribution in [0.25, 0.3) is 0 Å². The molecule has 152 valence electrons. The molecule has 3 aromatic carbocycles. The van der Waals surface area contributed by atoms with Crippen LogP contribution in [0.3, 0.4) is 0 Å². The van der Waals surface area contributed by atoms with Crippen LogP contribution in [0.4, 0.5) is 18.9 Å². The molecule has 3 rings (SSSR count). The first-order valence-electron chi connectivity index (χ1n) is 9.05. The fourth-order valence-electron chi connectivity index (χ4n) is 2.72. The monoisotopic (exact) mass is 418 g/mol. The van der Waals surface area contributed by atoms with Gasteiger partial charge in [-0.15, -0.1) is 0 Å². The number of anilines is 1. The summed E-state index contributed by atoms with van der Waals surface area (Å²) >= 11 is 1.58. The second-order valence-corrected chi connectivity index (χ2v) is 7.35. The average Bonchev–Trinajstić information content (AvgIpc) is 2.70. The summed E-state index contributed by atoms with van der Waals surface area (Å²) in [6, 6.07) is 20.8. The maximum absolute atomic E-state index is 13.0. The molecule has 0 saturated heterocycles. The Kier molecular flexibility index (Phi) is 7.06. The molecule has 3 aromatic rings. The highest BCUT2D eigenvalue weighted by Gasteiger charge is 2.33. The second-order valence-electron chi connectivity index (χ2n) is 6.27. The van der Waals surface area contributed by atoms with Gasteiger partial charge in [-0.05, 0) is 35.9 Å². The molecule has 0 aliphatic carbocycles. The van der Waals surface area contributed by atoms with Gasteiger partial charge in [0, 0.05) is 28.6 Å². The first-order valence-corrected chi connectivity index (χ1v) is 9.87. The summed E-state index contributed by atoms with van der Waals surface area (Å²) in [4.78, 5) is 2.05. The Labute approximate surface area is 172 Å². The molecule has 0 unspecified atom stereocenters.